The molecule has 0 N–H and O–H groups in total. The number of benzene rings is 1. The highest BCUT2D eigenvalue weighted by Crippen LogP contribution is 2.33. The van der Waals surface area contributed by atoms with E-state index in [2.05, 4.69) is 46.8 Å². The van der Waals surface area contributed by atoms with E-state index in [4.69, 9.17) is 0 Å². The van der Waals surface area contributed by atoms with Gasteiger partial charge in [0, 0.05) is 0 Å². The van der Waals surface area contributed by atoms with E-state index in [0.717, 1.165) is 5.92 Å². The second-order valence-electron chi connectivity index (χ2n) is 4.78. The van der Waals surface area contributed by atoms with E-state index in [1.54, 1.807) is 11.1 Å². The van der Waals surface area contributed by atoms with E-state index in [0.29, 0.717) is 0 Å². The number of rotatable bonds is 0. The van der Waals surface area contributed by atoms with E-state index in [9.17, 15) is 0 Å². The zero-order valence-corrected chi connectivity index (χ0v) is 12.9. The fourth-order valence-corrected chi connectivity index (χ4v) is 2.10. The first kappa shape index (κ1) is 16.2. The van der Waals surface area contributed by atoms with Crippen molar-refractivity contribution in [3.8, 4) is 0 Å². The van der Waals surface area contributed by atoms with Crippen LogP contribution in [0.4, 0.5) is 0 Å². The maximum absolute atomic E-state index is 2.38. The fraction of sp³-hybridized carbons (Fsp3) is 0.647. The summed E-state index contributed by atoms with van der Waals surface area (Å²) in [6.07, 6.45) is 3.88. The lowest BCUT2D eigenvalue weighted by molar-refractivity contribution is 0.747. The molecule has 0 amide bonds. The van der Waals surface area contributed by atoms with Crippen molar-refractivity contribution in [2.24, 2.45) is 0 Å². The molecule has 1 aliphatic rings. The molecular formula is C17H30. The normalized spacial score (nSPS) is 16.3. The molecule has 1 aromatic carbocycles. The summed E-state index contributed by atoms with van der Waals surface area (Å²) in [5.74, 6) is 0.791. The molecule has 0 radical (unpaired) electrons. The highest BCUT2D eigenvalue weighted by atomic mass is 14.2. The first-order chi connectivity index (χ1) is 8.10. The molecule has 2 rings (SSSR count). The van der Waals surface area contributed by atoms with Crippen LogP contribution in [0.15, 0.2) is 12.1 Å². The Hall–Kier alpha value is -0.780. The van der Waals surface area contributed by atoms with Crippen molar-refractivity contribution >= 4 is 0 Å². The SMILES string of the molecule is CC.CCC.Cc1cc2c(cc1C)C(C)CC2. The molecule has 1 aliphatic carbocycles. The zero-order valence-electron chi connectivity index (χ0n) is 12.9. The van der Waals surface area contributed by atoms with Gasteiger partial charge in [0.2, 0.25) is 0 Å². The minimum absolute atomic E-state index is 0.791. The summed E-state index contributed by atoms with van der Waals surface area (Å²) in [4.78, 5) is 0. The molecular weight excluding hydrogens is 204 g/mol. The molecule has 0 saturated heterocycles. The van der Waals surface area contributed by atoms with E-state index in [1.165, 1.54) is 30.4 Å². The molecule has 1 atom stereocenters. The maximum atomic E-state index is 2.38. The second-order valence-corrected chi connectivity index (χ2v) is 4.78. The maximum Gasteiger partial charge on any atom is -0.0184 e. The summed E-state index contributed by atoms with van der Waals surface area (Å²) in [6.45, 7) is 15.0. The van der Waals surface area contributed by atoms with Gasteiger partial charge in [-0.3, -0.25) is 0 Å². The first-order valence-corrected chi connectivity index (χ1v) is 7.20. The van der Waals surface area contributed by atoms with Gasteiger partial charge in [-0.15, -0.1) is 0 Å². The highest BCUT2D eigenvalue weighted by molar-refractivity contribution is 5.41. The lowest BCUT2D eigenvalue weighted by Crippen LogP contribution is -1.90. The Kier molecular flexibility index (Phi) is 7.95. The van der Waals surface area contributed by atoms with Gasteiger partial charge in [-0.2, -0.15) is 0 Å². The number of hydrogen-bond donors (Lipinski definition) is 0. The largest absolute Gasteiger partial charge is 0.0683 e. The Morgan fingerprint density at radius 1 is 1.06 bits per heavy atom. The molecule has 0 aromatic heterocycles. The van der Waals surface area contributed by atoms with Crippen LogP contribution in [0.1, 0.15) is 75.6 Å². The summed E-state index contributed by atoms with van der Waals surface area (Å²) in [6, 6.07) is 4.75. The molecule has 0 saturated carbocycles. The molecule has 0 aliphatic heterocycles. The molecule has 98 valence electrons. The average molecular weight is 234 g/mol. The summed E-state index contributed by atoms with van der Waals surface area (Å²) < 4.78 is 0. The van der Waals surface area contributed by atoms with E-state index >= 15 is 0 Å². The van der Waals surface area contributed by atoms with Crippen molar-refractivity contribution in [3.63, 3.8) is 0 Å². The van der Waals surface area contributed by atoms with E-state index in [1.807, 2.05) is 13.8 Å². The van der Waals surface area contributed by atoms with E-state index < -0.39 is 0 Å². The predicted molar refractivity (Wildman–Crippen MR) is 80.0 cm³/mol. The zero-order chi connectivity index (χ0) is 13.4. The van der Waals surface area contributed by atoms with Crippen LogP contribution in [0.3, 0.4) is 0 Å². The van der Waals surface area contributed by atoms with Crippen molar-refractivity contribution in [1.82, 2.24) is 0 Å². The average Bonchev–Trinajstić information content (AvgIpc) is 2.65. The van der Waals surface area contributed by atoms with Gasteiger partial charge in [-0.25, -0.2) is 0 Å². The molecule has 0 fully saturated rings. The minimum Gasteiger partial charge on any atom is -0.0683 e. The number of hydrogen-bond acceptors (Lipinski definition) is 0. The van der Waals surface area contributed by atoms with Gasteiger partial charge in [0.05, 0.1) is 0 Å². The molecule has 0 heterocycles. The van der Waals surface area contributed by atoms with Crippen LogP contribution in [0, 0.1) is 13.8 Å². The van der Waals surface area contributed by atoms with Gasteiger partial charge in [0.15, 0.2) is 0 Å². The van der Waals surface area contributed by atoms with Crippen molar-refractivity contribution in [2.75, 3.05) is 0 Å². The van der Waals surface area contributed by atoms with Crippen LogP contribution in [0.25, 0.3) is 0 Å². The quantitative estimate of drug-likeness (QED) is 0.532. The Morgan fingerprint density at radius 2 is 1.53 bits per heavy atom. The number of aryl methyl sites for hydroxylation is 3. The smallest absolute Gasteiger partial charge is 0.0184 e. The standard InChI is InChI=1S/C12H16.C3H8.C2H6/c1-8-4-5-11-6-9(2)10(3)7-12(8)11;1-3-2;1-2/h6-8H,4-5H2,1-3H3;3H2,1-2H3;1-2H3. The van der Waals surface area contributed by atoms with Gasteiger partial charge in [0.25, 0.3) is 0 Å². The predicted octanol–water partition coefficient (Wildman–Crippen LogP) is 5.80. The Bertz CT molecular complexity index is 323. The third-order valence-electron chi connectivity index (χ3n) is 3.13. The number of fused-ring (bicyclic) bond motifs is 1. The first-order valence-electron chi connectivity index (χ1n) is 7.20. The fourth-order valence-electron chi connectivity index (χ4n) is 2.10. The van der Waals surface area contributed by atoms with Crippen molar-refractivity contribution in [2.45, 2.75) is 73.6 Å². The van der Waals surface area contributed by atoms with Crippen LogP contribution in [0.5, 0.6) is 0 Å². The van der Waals surface area contributed by atoms with Gasteiger partial charge < -0.3 is 0 Å². The van der Waals surface area contributed by atoms with Gasteiger partial charge in [0.1, 0.15) is 0 Å². The lowest BCUT2D eigenvalue weighted by atomic mass is 9.98. The third-order valence-corrected chi connectivity index (χ3v) is 3.13. The summed E-state index contributed by atoms with van der Waals surface area (Å²) in [5, 5.41) is 0. The van der Waals surface area contributed by atoms with E-state index in [-0.39, 0.29) is 0 Å². The highest BCUT2D eigenvalue weighted by Gasteiger charge is 2.18. The second kappa shape index (κ2) is 8.33. The summed E-state index contributed by atoms with van der Waals surface area (Å²) >= 11 is 0. The van der Waals surface area contributed by atoms with Crippen molar-refractivity contribution in [1.29, 1.82) is 0 Å². The minimum atomic E-state index is 0.791. The van der Waals surface area contributed by atoms with Crippen LogP contribution < -0.4 is 0 Å². The molecule has 1 unspecified atom stereocenters. The van der Waals surface area contributed by atoms with Crippen LogP contribution in [-0.4, -0.2) is 0 Å². The lowest BCUT2D eigenvalue weighted by Gasteiger charge is -2.07. The van der Waals surface area contributed by atoms with Crippen molar-refractivity contribution < 1.29 is 0 Å². The third kappa shape index (κ3) is 4.53. The Labute approximate surface area is 108 Å². The molecule has 0 heteroatoms. The molecule has 0 spiro atoms. The van der Waals surface area contributed by atoms with Gasteiger partial charge in [-0.1, -0.05) is 53.2 Å². The van der Waals surface area contributed by atoms with Crippen LogP contribution in [-0.2, 0) is 6.42 Å². The molecule has 0 nitrogen and oxygen atoms in total. The van der Waals surface area contributed by atoms with Crippen molar-refractivity contribution in [3.05, 3.63) is 34.4 Å². The topological polar surface area (TPSA) is 0 Å². The molecule has 1 aromatic rings. The van der Waals surface area contributed by atoms with Crippen LogP contribution >= 0.6 is 0 Å². The monoisotopic (exact) mass is 234 g/mol. The van der Waals surface area contributed by atoms with Crippen LogP contribution in [0.2, 0.25) is 0 Å². The molecule has 17 heavy (non-hydrogen) atoms. The Morgan fingerprint density at radius 3 is 2.06 bits per heavy atom. The Balaban J connectivity index is 0.000000450. The van der Waals surface area contributed by atoms with Gasteiger partial charge >= 0.3 is 0 Å². The molecule has 0 bridgehead atoms. The van der Waals surface area contributed by atoms with Gasteiger partial charge in [-0.05, 0) is 54.9 Å². The summed E-state index contributed by atoms with van der Waals surface area (Å²) in [7, 11) is 0. The summed E-state index contributed by atoms with van der Waals surface area (Å²) in [5.41, 5.74) is 6.08.